The number of carbonyl (C=O) groups excluding carboxylic acids is 1. The highest BCUT2D eigenvalue weighted by Crippen LogP contribution is 2.27. The fraction of sp³-hybridized carbons (Fsp3) is 0.400. The summed E-state index contributed by atoms with van der Waals surface area (Å²) in [4.78, 5) is 18.7. The van der Waals surface area contributed by atoms with Gasteiger partial charge in [0.2, 0.25) is 0 Å². The predicted molar refractivity (Wildman–Crippen MR) is 101 cm³/mol. The van der Waals surface area contributed by atoms with Crippen LogP contribution < -0.4 is 14.8 Å². The first-order chi connectivity index (χ1) is 12.7. The second-order valence-corrected chi connectivity index (χ2v) is 6.33. The van der Waals surface area contributed by atoms with Crippen LogP contribution in [0.5, 0.6) is 11.5 Å². The number of amides is 1. The SMILES string of the molecule is COc1ccc(CNc2ccc(C(=O)N3CCCCC3)cn2)cc1OC. The molecule has 2 heterocycles. The van der Waals surface area contributed by atoms with Crippen LogP contribution in [0.1, 0.15) is 35.2 Å². The lowest BCUT2D eigenvalue weighted by atomic mass is 10.1. The zero-order chi connectivity index (χ0) is 18.4. The Morgan fingerprint density at radius 1 is 1.08 bits per heavy atom. The zero-order valence-corrected chi connectivity index (χ0v) is 15.3. The number of nitrogens with zero attached hydrogens (tertiary/aromatic N) is 2. The van der Waals surface area contributed by atoms with Crippen molar-refractivity contribution < 1.29 is 14.3 Å². The maximum atomic E-state index is 12.5. The molecule has 26 heavy (non-hydrogen) atoms. The summed E-state index contributed by atoms with van der Waals surface area (Å²) in [5.41, 5.74) is 1.70. The van der Waals surface area contributed by atoms with Gasteiger partial charge in [0.15, 0.2) is 11.5 Å². The van der Waals surface area contributed by atoms with Crippen LogP contribution >= 0.6 is 0 Å². The summed E-state index contributed by atoms with van der Waals surface area (Å²) in [5.74, 6) is 2.20. The van der Waals surface area contributed by atoms with Gasteiger partial charge in [-0.2, -0.15) is 0 Å². The molecule has 0 radical (unpaired) electrons. The number of anilines is 1. The Balaban J connectivity index is 1.60. The van der Waals surface area contributed by atoms with E-state index in [1.54, 1.807) is 20.4 Å². The monoisotopic (exact) mass is 355 g/mol. The number of ether oxygens (including phenoxy) is 2. The summed E-state index contributed by atoms with van der Waals surface area (Å²) >= 11 is 0. The minimum Gasteiger partial charge on any atom is -0.493 e. The molecule has 1 N–H and O–H groups in total. The molecule has 6 heteroatoms. The Morgan fingerprint density at radius 2 is 1.85 bits per heavy atom. The topological polar surface area (TPSA) is 63.7 Å². The number of methoxy groups -OCH3 is 2. The lowest BCUT2D eigenvalue weighted by Gasteiger charge is -2.26. The van der Waals surface area contributed by atoms with Gasteiger partial charge in [-0.05, 0) is 49.1 Å². The Morgan fingerprint density at radius 3 is 2.50 bits per heavy atom. The number of hydrogen-bond donors (Lipinski definition) is 1. The lowest BCUT2D eigenvalue weighted by molar-refractivity contribution is 0.0724. The molecule has 6 nitrogen and oxygen atoms in total. The van der Waals surface area contributed by atoms with Crippen LogP contribution in [-0.2, 0) is 6.54 Å². The number of pyridine rings is 1. The minimum absolute atomic E-state index is 0.0728. The molecular formula is C20H25N3O3. The van der Waals surface area contributed by atoms with Crippen molar-refractivity contribution in [2.45, 2.75) is 25.8 Å². The highest BCUT2D eigenvalue weighted by molar-refractivity contribution is 5.94. The summed E-state index contributed by atoms with van der Waals surface area (Å²) in [6, 6.07) is 9.46. The second kappa shape index (κ2) is 8.56. The standard InChI is InChI=1S/C20H25N3O3/c1-25-17-8-6-15(12-18(17)26-2)13-21-19-9-7-16(14-22-19)20(24)23-10-4-3-5-11-23/h6-9,12,14H,3-5,10-11,13H2,1-2H3,(H,21,22). The van der Waals surface area contributed by atoms with E-state index >= 15 is 0 Å². The molecular weight excluding hydrogens is 330 g/mol. The number of piperidine rings is 1. The summed E-state index contributed by atoms with van der Waals surface area (Å²) in [6.45, 7) is 2.29. The van der Waals surface area contributed by atoms with Crippen LogP contribution in [0.3, 0.4) is 0 Å². The lowest BCUT2D eigenvalue weighted by Crippen LogP contribution is -2.35. The van der Waals surface area contributed by atoms with Crippen LogP contribution in [-0.4, -0.2) is 43.1 Å². The Kier molecular flexibility index (Phi) is 5.94. The second-order valence-electron chi connectivity index (χ2n) is 6.33. The smallest absolute Gasteiger partial charge is 0.255 e. The van der Waals surface area contributed by atoms with Gasteiger partial charge in [-0.3, -0.25) is 4.79 Å². The first kappa shape index (κ1) is 18.0. The Hall–Kier alpha value is -2.76. The molecule has 0 unspecified atom stereocenters. The van der Waals surface area contributed by atoms with Gasteiger partial charge >= 0.3 is 0 Å². The number of benzene rings is 1. The fourth-order valence-corrected chi connectivity index (χ4v) is 3.09. The fourth-order valence-electron chi connectivity index (χ4n) is 3.09. The minimum atomic E-state index is 0.0728. The van der Waals surface area contributed by atoms with Gasteiger partial charge in [0.25, 0.3) is 5.91 Å². The quantitative estimate of drug-likeness (QED) is 0.861. The first-order valence-corrected chi connectivity index (χ1v) is 8.91. The molecule has 0 spiro atoms. The van der Waals surface area contributed by atoms with E-state index in [-0.39, 0.29) is 5.91 Å². The normalized spacial score (nSPS) is 14.0. The molecule has 1 amide bonds. The number of nitrogens with one attached hydrogen (secondary N) is 1. The molecule has 1 aliphatic heterocycles. The van der Waals surface area contributed by atoms with Crippen LogP contribution in [0.2, 0.25) is 0 Å². The third-order valence-corrected chi connectivity index (χ3v) is 4.58. The largest absolute Gasteiger partial charge is 0.493 e. The predicted octanol–water partition coefficient (Wildman–Crippen LogP) is 3.34. The summed E-state index contributed by atoms with van der Waals surface area (Å²) in [6.07, 6.45) is 5.03. The van der Waals surface area contributed by atoms with Crippen molar-refractivity contribution in [3.63, 3.8) is 0 Å². The molecule has 1 aliphatic rings. The highest BCUT2D eigenvalue weighted by atomic mass is 16.5. The Labute approximate surface area is 154 Å². The van der Waals surface area contributed by atoms with E-state index in [4.69, 9.17) is 9.47 Å². The summed E-state index contributed by atoms with van der Waals surface area (Å²) in [7, 11) is 3.24. The van der Waals surface area contributed by atoms with Gasteiger partial charge in [-0.1, -0.05) is 6.07 Å². The van der Waals surface area contributed by atoms with E-state index in [0.717, 1.165) is 37.3 Å². The number of rotatable bonds is 6. The van der Waals surface area contributed by atoms with Gasteiger partial charge in [0.05, 0.1) is 19.8 Å². The van der Waals surface area contributed by atoms with Crippen molar-refractivity contribution >= 4 is 11.7 Å². The molecule has 0 bridgehead atoms. The van der Waals surface area contributed by atoms with Crippen LogP contribution in [0.4, 0.5) is 5.82 Å². The van der Waals surface area contributed by atoms with Gasteiger partial charge in [0, 0.05) is 25.8 Å². The van der Waals surface area contributed by atoms with E-state index in [1.807, 2.05) is 35.2 Å². The first-order valence-electron chi connectivity index (χ1n) is 8.91. The Bertz CT molecular complexity index is 740. The maximum Gasteiger partial charge on any atom is 0.255 e. The van der Waals surface area contributed by atoms with Crippen molar-refractivity contribution in [3.8, 4) is 11.5 Å². The van der Waals surface area contributed by atoms with Crippen molar-refractivity contribution in [1.29, 1.82) is 0 Å². The third kappa shape index (κ3) is 4.25. The maximum absolute atomic E-state index is 12.5. The van der Waals surface area contributed by atoms with E-state index in [0.29, 0.717) is 23.6 Å². The third-order valence-electron chi connectivity index (χ3n) is 4.58. The van der Waals surface area contributed by atoms with E-state index in [9.17, 15) is 4.79 Å². The zero-order valence-electron chi connectivity index (χ0n) is 15.3. The summed E-state index contributed by atoms with van der Waals surface area (Å²) in [5, 5.41) is 3.26. The van der Waals surface area contributed by atoms with Crippen LogP contribution in [0.15, 0.2) is 36.5 Å². The number of hydrogen-bond acceptors (Lipinski definition) is 5. The average Bonchev–Trinajstić information content (AvgIpc) is 2.72. The molecule has 1 fully saturated rings. The molecule has 3 rings (SSSR count). The number of aromatic nitrogens is 1. The van der Waals surface area contributed by atoms with Gasteiger partial charge in [-0.15, -0.1) is 0 Å². The van der Waals surface area contributed by atoms with Crippen molar-refractivity contribution in [3.05, 3.63) is 47.7 Å². The number of likely N-dealkylation sites (tertiary alicyclic amines) is 1. The molecule has 2 aromatic rings. The van der Waals surface area contributed by atoms with E-state index in [2.05, 4.69) is 10.3 Å². The average molecular weight is 355 g/mol. The van der Waals surface area contributed by atoms with Crippen molar-refractivity contribution in [2.24, 2.45) is 0 Å². The highest BCUT2D eigenvalue weighted by Gasteiger charge is 2.18. The van der Waals surface area contributed by atoms with Crippen LogP contribution in [0.25, 0.3) is 0 Å². The van der Waals surface area contributed by atoms with Gasteiger partial charge < -0.3 is 19.7 Å². The molecule has 1 aromatic carbocycles. The summed E-state index contributed by atoms with van der Waals surface area (Å²) < 4.78 is 10.6. The van der Waals surface area contributed by atoms with Crippen molar-refractivity contribution in [2.75, 3.05) is 32.6 Å². The van der Waals surface area contributed by atoms with Crippen molar-refractivity contribution in [1.82, 2.24) is 9.88 Å². The molecule has 138 valence electrons. The van der Waals surface area contributed by atoms with Crippen LogP contribution in [0, 0.1) is 0 Å². The molecule has 1 saturated heterocycles. The van der Waals surface area contributed by atoms with E-state index < -0.39 is 0 Å². The molecule has 0 saturated carbocycles. The molecule has 0 aliphatic carbocycles. The molecule has 0 atom stereocenters. The molecule has 1 aromatic heterocycles. The number of carbonyl (C=O) groups is 1. The van der Waals surface area contributed by atoms with Gasteiger partial charge in [0.1, 0.15) is 5.82 Å². The van der Waals surface area contributed by atoms with Gasteiger partial charge in [-0.25, -0.2) is 4.98 Å². The van der Waals surface area contributed by atoms with E-state index in [1.165, 1.54) is 6.42 Å².